The van der Waals surface area contributed by atoms with Crippen molar-refractivity contribution in [1.82, 2.24) is 0 Å². The van der Waals surface area contributed by atoms with E-state index < -0.39 is 17.9 Å². The third-order valence-corrected chi connectivity index (χ3v) is 6.48. The molecule has 0 aliphatic carbocycles. The topological polar surface area (TPSA) is 27.7 Å². The highest BCUT2D eigenvalue weighted by atomic mass is 19.2. The number of ether oxygens (including phenoxy) is 3. The zero-order valence-electron chi connectivity index (χ0n) is 20.8. The fraction of sp³-hybridized carbons (Fsp3) is 0.586. The Morgan fingerprint density at radius 3 is 2.09 bits per heavy atom. The fourth-order valence-corrected chi connectivity index (χ4v) is 4.34. The monoisotopic (exact) mass is 474 g/mol. The van der Waals surface area contributed by atoms with Gasteiger partial charge in [0.15, 0.2) is 17.9 Å². The molecule has 0 radical (unpaired) electrons. The van der Waals surface area contributed by atoms with E-state index in [-0.39, 0.29) is 11.3 Å². The smallest absolute Gasteiger partial charge is 0.201 e. The molecule has 34 heavy (non-hydrogen) atoms. The van der Waals surface area contributed by atoms with Crippen molar-refractivity contribution in [3.63, 3.8) is 0 Å². The van der Waals surface area contributed by atoms with Crippen LogP contribution < -0.4 is 4.74 Å². The molecule has 0 saturated carbocycles. The molecule has 188 valence electrons. The van der Waals surface area contributed by atoms with Gasteiger partial charge in [-0.3, -0.25) is 0 Å². The molecule has 0 aromatic heterocycles. The summed E-state index contributed by atoms with van der Waals surface area (Å²) < 4.78 is 46.7. The molecule has 0 N–H and O–H groups in total. The summed E-state index contributed by atoms with van der Waals surface area (Å²) in [4.78, 5) is 0. The SMILES string of the molecule is CCCCCCCOc1ccc(-c2ccc(C3OCC(CCCCCC)CO3)cc2)c(F)c1F. The van der Waals surface area contributed by atoms with Crippen LogP contribution in [0, 0.1) is 17.6 Å². The minimum Gasteiger partial charge on any atom is -0.490 e. The quantitative estimate of drug-likeness (QED) is 0.257. The maximum atomic E-state index is 14.8. The molecule has 3 nitrogen and oxygen atoms in total. The summed E-state index contributed by atoms with van der Waals surface area (Å²) in [5.41, 5.74) is 1.71. The van der Waals surface area contributed by atoms with Crippen LogP contribution in [0.15, 0.2) is 36.4 Å². The number of hydrogen-bond acceptors (Lipinski definition) is 3. The predicted molar refractivity (Wildman–Crippen MR) is 133 cm³/mol. The lowest BCUT2D eigenvalue weighted by molar-refractivity contribution is -0.206. The molecule has 2 aromatic carbocycles. The molecule has 5 heteroatoms. The lowest BCUT2D eigenvalue weighted by Crippen LogP contribution is -2.27. The van der Waals surface area contributed by atoms with Gasteiger partial charge in [-0.1, -0.05) is 89.5 Å². The first-order valence-corrected chi connectivity index (χ1v) is 13.1. The Bertz CT molecular complexity index is 845. The van der Waals surface area contributed by atoms with Gasteiger partial charge in [0.05, 0.1) is 19.8 Å². The zero-order chi connectivity index (χ0) is 24.2. The standard InChI is InChI=1S/C29H40F2O3/c1-3-5-7-9-11-19-32-26-18-17-25(27(30)28(26)31)23-13-15-24(16-14-23)29-33-20-22(21-34-29)12-10-8-6-4-2/h13-18,22,29H,3-12,19-21H2,1-2H3. The first-order chi connectivity index (χ1) is 16.6. The van der Waals surface area contributed by atoms with Crippen LogP contribution in [0.2, 0.25) is 0 Å². The molecule has 1 fully saturated rings. The summed E-state index contributed by atoms with van der Waals surface area (Å²) in [7, 11) is 0. The Kier molecular flexibility index (Phi) is 11.3. The van der Waals surface area contributed by atoms with E-state index in [1.807, 2.05) is 12.1 Å². The first kappa shape index (κ1) is 26.6. The average Bonchev–Trinajstić information content (AvgIpc) is 2.87. The number of benzene rings is 2. The van der Waals surface area contributed by atoms with Crippen LogP contribution in [0.25, 0.3) is 11.1 Å². The molecular weight excluding hydrogens is 434 g/mol. The summed E-state index contributed by atoms with van der Waals surface area (Å²) in [6.45, 7) is 6.16. The average molecular weight is 475 g/mol. The summed E-state index contributed by atoms with van der Waals surface area (Å²) in [6.07, 6.45) is 11.1. The van der Waals surface area contributed by atoms with E-state index in [1.54, 1.807) is 18.2 Å². The van der Waals surface area contributed by atoms with E-state index in [1.165, 1.54) is 44.6 Å². The maximum absolute atomic E-state index is 14.8. The van der Waals surface area contributed by atoms with Crippen molar-refractivity contribution in [1.29, 1.82) is 0 Å². The van der Waals surface area contributed by atoms with Crippen LogP contribution in [-0.4, -0.2) is 19.8 Å². The van der Waals surface area contributed by atoms with Gasteiger partial charge >= 0.3 is 0 Å². The van der Waals surface area contributed by atoms with Gasteiger partial charge in [-0.15, -0.1) is 0 Å². The molecule has 3 rings (SSSR count). The van der Waals surface area contributed by atoms with Crippen molar-refractivity contribution in [3.8, 4) is 16.9 Å². The van der Waals surface area contributed by atoms with Gasteiger partial charge in [-0.2, -0.15) is 4.39 Å². The highest BCUT2D eigenvalue weighted by Gasteiger charge is 2.23. The highest BCUT2D eigenvalue weighted by molar-refractivity contribution is 5.65. The van der Waals surface area contributed by atoms with Gasteiger partial charge in [0.1, 0.15) is 0 Å². The van der Waals surface area contributed by atoms with Crippen LogP contribution in [0.5, 0.6) is 5.75 Å². The van der Waals surface area contributed by atoms with Gasteiger partial charge < -0.3 is 14.2 Å². The fourth-order valence-electron chi connectivity index (χ4n) is 4.34. The van der Waals surface area contributed by atoms with Gasteiger partial charge in [-0.25, -0.2) is 4.39 Å². The molecule has 0 unspecified atom stereocenters. The molecule has 2 aromatic rings. The summed E-state index contributed by atoms with van der Waals surface area (Å²) in [6, 6.07) is 10.4. The molecule has 0 bridgehead atoms. The van der Waals surface area contributed by atoms with E-state index in [2.05, 4.69) is 13.8 Å². The Morgan fingerprint density at radius 2 is 1.41 bits per heavy atom. The highest BCUT2D eigenvalue weighted by Crippen LogP contribution is 2.32. The number of rotatable bonds is 14. The van der Waals surface area contributed by atoms with Crippen molar-refractivity contribution >= 4 is 0 Å². The van der Waals surface area contributed by atoms with Crippen molar-refractivity contribution in [2.45, 2.75) is 84.3 Å². The van der Waals surface area contributed by atoms with Crippen LogP contribution in [0.1, 0.15) is 89.9 Å². The van der Waals surface area contributed by atoms with Crippen molar-refractivity contribution < 1.29 is 23.0 Å². The lowest BCUT2D eigenvalue weighted by atomic mass is 10.0. The molecule has 1 saturated heterocycles. The Balaban J connectivity index is 1.52. The lowest BCUT2D eigenvalue weighted by Gasteiger charge is -2.29. The molecule has 1 aliphatic heterocycles. The largest absolute Gasteiger partial charge is 0.490 e. The van der Waals surface area contributed by atoms with Gasteiger partial charge in [0.25, 0.3) is 0 Å². The minimum absolute atomic E-state index is 0.0263. The van der Waals surface area contributed by atoms with Gasteiger partial charge in [0.2, 0.25) is 5.82 Å². The second-order valence-electron chi connectivity index (χ2n) is 9.34. The number of halogens is 2. The molecule has 0 spiro atoms. The molecule has 0 amide bonds. The summed E-state index contributed by atoms with van der Waals surface area (Å²) in [5, 5.41) is 0. The van der Waals surface area contributed by atoms with E-state index in [0.717, 1.165) is 31.2 Å². The van der Waals surface area contributed by atoms with Crippen molar-refractivity contribution in [2.24, 2.45) is 5.92 Å². The van der Waals surface area contributed by atoms with Crippen LogP contribution in [0.3, 0.4) is 0 Å². The zero-order valence-corrected chi connectivity index (χ0v) is 20.8. The second kappa shape index (κ2) is 14.4. The third kappa shape index (κ3) is 7.78. The molecule has 1 heterocycles. The molecular formula is C29H40F2O3. The second-order valence-corrected chi connectivity index (χ2v) is 9.34. The number of unbranched alkanes of at least 4 members (excludes halogenated alkanes) is 7. The Morgan fingerprint density at radius 1 is 0.765 bits per heavy atom. The Labute approximate surface area is 203 Å². The van der Waals surface area contributed by atoms with Crippen molar-refractivity contribution in [3.05, 3.63) is 53.6 Å². The van der Waals surface area contributed by atoms with Crippen LogP contribution in [-0.2, 0) is 9.47 Å². The molecule has 1 aliphatic rings. The maximum Gasteiger partial charge on any atom is 0.201 e. The van der Waals surface area contributed by atoms with E-state index >= 15 is 0 Å². The van der Waals surface area contributed by atoms with E-state index in [4.69, 9.17) is 14.2 Å². The minimum atomic E-state index is -0.931. The number of hydrogen-bond donors (Lipinski definition) is 0. The Hall–Kier alpha value is -1.98. The first-order valence-electron chi connectivity index (χ1n) is 13.1. The van der Waals surface area contributed by atoms with E-state index in [0.29, 0.717) is 31.3 Å². The van der Waals surface area contributed by atoms with Crippen LogP contribution in [0.4, 0.5) is 8.78 Å². The normalized spacial score (nSPS) is 18.2. The van der Waals surface area contributed by atoms with Crippen molar-refractivity contribution in [2.75, 3.05) is 19.8 Å². The summed E-state index contributed by atoms with van der Waals surface area (Å²) in [5.74, 6) is -1.39. The molecule has 0 atom stereocenters. The third-order valence-electron chi connectivity index (χ3n) is 6.48. The van der Waals surface area contributed by atoms with Crippen LogP contribution >= 0.6 is 0 Å². The van der Waals surface area contributed by atoms with E-state index in [9.17, 15) is 8.78 Å². The van der Waals surface area contributed by atoms with Gasteiger partial charge in [-0.05, 0) is 30.5 Å². The van der Waals surface area contributed by atoms with Gasteiger partial charge in [0, 0.05) is 17.0 Å². The predicted octanol–water partition coefficient (Wildman–Crippen LogP) is 8.61. The summed E-state index contributed by atoms with van der Waals surface area (Å²) >= 11 is 0.